The van der Waals surface area contributed by atoms with Crippen molar-refractivity contribution >= 4 is 23.3 Å². The van der Waals surface area contributed by atoms with Crippen LogP contribution in [0, 0.1) is 21.4 Å². The second-order valence-corrected chi connectivity index (χ2v) is 7.02. The smallest absolute Gasteiger partial charge is 0.317 e. The van der Waals surface area contributed by atoms with Crippen molar-refractivity contribution in [3.05, 3.63) is 64.2 Å². The standard InChI is InChI=1S/C20H22N2O5/c1-13(2)20(3,4)19(24)27-17-11-6-5-10-16(17)18(23)21-14-8-7-9-15(12-14)22(25)26/h5-13H,1-4H3,(H,21,23). The molecule has 7 heteroatoms. The lowest BCUT2D eigenvalue weighted by molar-refractivity contribution is -0.384. The Morgan fingerprint density at radius 3 is 2.41 bits per heavy atom. The molecule has 0 saturated carbocycles. The summed E-state index contributed by atoms with van der Waals surface area (Å²) in [6.07, 6.45) is 0. The third-order valence-corrected chi connectivity index (χ3v) is 4.62. The number of amides is 1. The first-order chi connectivity index (χ1) is 12.6. The fraction of sp³-hybridized carbons (Fsp3) is 0.300. The molecule has 2 aromatic carbocycles. The molecule has 0 saturated heterocycles. The van der Waals surface area contributed by atoms with Crippen LogP contribution in [0.1, 0.15) is 38.1 Å². The minimum Gasteiger partial charge on any atom is -0.425 e. The molecule has 0 unspecified atom stereocenters. The molecule has 2 aromatic rings. The first-order valence-electron chi connectivity index (χ1n) is 8.50. The number of nitrogens with zero attached hydrogens (tertiary/aromatic N) is 1. The van der Waals surface area contributed by atoms with Crippen LogP contribution in [0.25, 0.3) is 0 Å². The summed E-state index contributed by atoms with van der Waals surface area (Å²) in [5.41, 5.74) is -0.412. The molecule has 27 heavy (non-hydrogen) atoms. The van der Waals surface area contributed by atoms with Crippen LogP contribution >= 0.6 is 0 Å². The fourth-order valence-electron chi connectivity index (χ4n) is 2.11. The van der Waals surface area contributed by atoms with E-state index in [2.05, 4.69) is 5.32 Å². The van der Waals surface area contributed by atoms with E-state index >= 15 is 0 Å². The van der Waals surface area contributed by atoms with E-state index in [1.807, 2.05) is 13.8 Å². The van der Waals surface area contributed by atoms with Crippen molar-refractivity contribution in [3.63, 3.8) is 0 Å². The highest BCUT2D eigenvalue weighted by atomic mass is 16.6. The molecule has 0 heterocycles. The number of ether oxygens (including phenoxy) is 1. The van der Waals surface area contributed by atoms with Crippen molar-refractivity contribution in [2.75, 3.05) is 5.32 Å². The Kier molecular flexibility index (Phi) is 5.95. The van der Waals surface area contributed by atoms with Crippen LogP contribution in [0.15, 0.2) is 48.5 Å². The summed E-state index contributed by atoms with van der Waals surface area (Å²) in [7, 11) is 0. The molecule has 0 aliphatic rings. The first-order valence-corrected chi connectivity index (χ1v) is 8.50. The molecule has 1 amide bonds. The summed E-state index contributed by atoms with van der Waals surface area (Å²) in [5, 5.41) is 13.5. The molecule has 0 radical (unpaired) electrons. The zero-order valence-electron chi connectivity index (χ0n) is 15.7. The molecule has 2 rings (SSSR count). The van der Waals surface area contributed by atoms with Gasteiger partial charge in [-0.1, -0.05) is 32.0 Å². The van der Waals surface area contributed by atoms with Gasteiger partial charge >= 0.3 is 5.97 Å². The number of benzene rings is 2. The number of para-hydroxylation sites is 1. The largest absolute Gasteiger partial charge is 0.425 e. The van der Waals surface area contributed by atoms with E-state index in [0.717, 1.165) is 0 Å². The second kappa shape index (κ2) is 7.99. The Balaban J connectivity index is 2.24. The number of nitro benzene ring substituents is 1. The monoisotopic (exact) mass is 370 g/mol. The summed E-state index contributed by atoms with van der Waals surface area (Å²) in [6, 6.07) is 12.0. The maximum atomic E-state index is 12.6. The third-order valence-electron chi connectivity index (χ3n) is 4.62. The summed E-state index contributed by atoms with van der Waals surface area (Å²) in [4.78, 5) is 35.4. The van der Waals surface area contributed by atoms with Gasteiger partial charge in [0.05, 0.1) is 15.9 Å². The Bertz CT molecular complexity index is 874. The van der Waals surface area contributed by atoms with Crippen LogP contribution in [0.4, 0.5) is 11.4 Å². The van der Waals surface area contributed by atoms with Crippen LogP contribution in [-0.2, 0) is 4.79 Å². The molecule has 0 aromatic heterocycles. The predicted octanol–water partition coefficient (Wildman–Crippen LogP) is 4.43. The highest BCUT2D eigenvalue weighted by molar-refractivity contribution is 6.06. The summed E-state index contributed by atoms with van der Waals surface area (Å²) in [6.45, 7) is 7.40. The number of non-ortho nitro benzene ring substituents is 1. The highest BCUT2D eigenvalue weighted by Crippen LogP contribution is 2.30. The van der Waals surface area contributed by atoms with Crippen molar-refractivity contribution in [1.82, 2.24) is 0 Å². The third kappa shape index (κ3) is 4.69. The lowest BCUT2D eigenvalue weighted by Gasteiger charge is -2.26. The topological polar surface area (TPSA) is 98.5 Å². The molecule has 0 bridgehead atoms. The van der Waals surface area contributed by atoms with Crippen LogP contribution in [0.2, 0.25) is 0 Å². The number of nitrogens with one attached hydrogen (secondary N) is 1. The zero-order valence-corrected chi connectivity index (χ0v) is 15.7. The molecular weight excluding hydrogens is 348 g/mol. The van der Waals surface area contributed by atoms with Crippen molar-refractivity contribution in [1.29, 1.82) is 0 Å². The van der Waals surface area contributed by atoms with E-state index in [-0.39, 0.29) is 28.6 Å². The number of hydrogen-bond acceptors (Lipinski definition) is 5. The lowest BCUT2D eigenvalue weighted by atomic mass is 9.81. The van der Waals surface area contributed by atoms with Gasteiger partial charge in [0.2, 0.25) is 0 Å². The number of esters is 1. The minimum absolute atomic E-state index is 0.0517. The van der Waals surface area contributed by atoms with E-state index in [9.17, 15) is 19.7 Å². The van der Waals surface area contributed by atoms with E-state index in [4.69, 9.17) is 4.74 Å². The molecule has 142 valence electrons. The Morgan fingerprint density at radius 2 is 1.78 bits per heavy atom. The quantitative estimate of drug-likeness (QED) is 0.351. The summed E-state index contributed by atoms with van der Waals surface area (Å²) in [5.74, 6) is -0.774. The van der Waals surface area contributed by atoms with Gasteiger partial charge in [0.1, 0.15) is 5.75 Å². The van der Waals surface area contributed by atoms with Gasteiger partial charge in [0.25, 0.3) is 11.6 Å². The zero-order chi connectivity index (χ0) is 20.2. The molecule has 7 nitrogen and oxygen atoms in total. The van der Waals surface area contributed by atoms with Crippen LogP contribution in [-0.4, -0.2) is 16.8 Å². The second-order valence-electron chi connectivity index (χ2n) is 7.02. The van der Waals surface area contributed by atoms with Gasteiger partial charge in [-0.05, 0) is 38.0 Å². The van der Waals surface area contributed by atoms with Crippen molar-refractivity contribution < 1.29 is 19.2 Å². The van der Waals surface area contributed by atoms with Crippen molar-refractivity contribution in [2.45, 2.75) is 27.7 Å². The van der Waals surface area contributed by atoms with E-state index in [0.29, 0.717) is 0 Å². The number of carbonyl (C=O) groups excluding carboxylic acids is 2. The van der Waals surface area contributed by atoms with Gasteiger partial charge in [0.15, 0.2) is 0 Å². The highest BCUT2D eigenvalue weighted by Gasteiger charge is 2.34. The average molecular weight is 370 g/mol. The van der Waals surface area contributed by atoms with Gasteiger partial charge in [-0.3, -0.25) is 19.7 Å². The fourth-order valence-corrected chi connectivity index (χ4v) is 2.11. The van der Waals surface area contributed by atoms with Crippen LogP contribution in [0.3, 0.4) is 0 Å². The molecule has 0 aliphatic heterocycles. The average Bonchev–Trinajstić information content (AvgIpc) is 2.62. The van der Waals surface area contributed by atoms with E-state index in [1.165, 1.54) is 30.3 Å². The SMILES string of the molecule is CC(C)C(C)(C)C(=O)Oc1ccccc1C(=O)Nc1cccc([N+](=O)[O-])c1. The minimum atomic E-state index is -0.719. The van der Waals surface area contributed by atoms with Gasteiger partial charge in [0, 0.05) is 17.8 Å². The first kappa shape index (κ1) is 20.1. The number of hydrogen-bond donors (Lipinski definition) is 1. The Labute approximate surface area is 157 Å². The molecular formula is C20H22N2O5. The Hall–Kier alpha value is -3.22. The maximum Gasteiger partial charge on any atom is 0.317 e. The number of anilines is 1. The molecule has 0 fully saturated rings. The summed E-state index contributed by atoms with van der Waals surface area (Å²) < 4.78 is 5.48. The van der Waals surface area contributed by atoms with E-state index in [1.54, 1.807) is 32.0 Å². The molecule has 1 N–H and O–H groups in total. The number of rotatable bonds is 6. The van der Waals surface area contributed by atoms with Gasteiger partial charge < -0.3 is 10.1 Å². The predicted molar refractivity (Wildman–Crippen MR) is 102 cm³/mol. The van der Waals surface area contributed by atoms with Gasteiger partial charge in [-0.2, -0.15) is 0 Å². The van der Waals surface area contributed by atoms with Crippen molar-refractivity contribution in [2.24, 2.45) is 11.3 Å². The number of carbonyl (C=O) groups is 2. The maximum absolute atomic E-state index is 12.6. The lowest BCUT2D eigenvalue weighted by Crippen LogP contribution is -2.34. The van der Waals surface area contributed by atoms with Gasteiger partial charge in [-0.15, -0.1) is 0 Å². The van der Waals surface area contributed by atoms with Gasteiger partial charge in [-0.25, -0.2) is 0 Å². The Morgan fingerprint density at radius 1 is 1.11 bits per heavy atom. The van der Waals surface area contributed by atoms with E-state index < -0.39 is 22.2 Å². The van der Waals surface area contributed by atoms with Crippen molar-refractivity contribution in [3.8, 4) is 5.75 Å². The summed E-state index contributed by atoms with van der Waals surface area (Å²) >= 11 is 0. The molecule has 0 aliphatic carbocycles. The molecule has 0 spiro atoms. The molecule has 0 atom stereocenters. The van der Waals surface area contributed by atoms with Crippen LogP contribution in [0.5, 0.6) is 5.75 Å². The normalized spacial score (nSPS) is 11.1. The van der Waals surface area contributed by atoms with Crippen LogP contribution < -0.4 is 10.1 Å². The number of nitro groups is 1.